The van der Waals surface area contributed by atoms with Crippen molar-refractivity contribution in [2.75, 3.05) is 39.9 Å². The summed E-state index contributed by atoms with van der Waals surface area (Å²) in [6.45, 7) is 5.33. The molecule has 2 N–H and O–H groups in total. The Hall–Kier alpha value is -0.320. The Balaban J connectivity index is 0.000000140. The average Bonchev–Trinajstić information content (AvgIpc) is 2.21. The molecule has 0 bridgehead atoms. The van der Waals surface area contributed by atoms with Gasteiger partial charge in [-0.15, -0.1) is 5.03 Å². The smallest absolute Gasteiger partial charge is 0.101 e. The van der Waals surface area contributed by atoms with Gasteiger partial charge in [0, 0.05) is 6.54 Å². The molecule has 0 aromatic carbocycles. The fourth-order valence-electron chi connectivity index (χ4n) is 1.34. The highest BCUT2D eigenvalue weighted by Gasteiger charge is 2.05. The minimum Gasteiger partial charge on any atom is -0.763 e. The molecule has 2 rings (SSSR count). The fraction of sp³-hybridized carbons (Fsp3) is 0.800. The molecular formula is C10H20N2OS. The van der Waals surface area contributed by atoms with Gasteiger partial charge >= 0.3 is 0 Å². The molecule has 3 nitrogen and oxygen atoms in total. The van der Waals surface area contributed by atoms with Gasteiger partial charge in [0.1, 0.15) is 13.1 Å². The van der Waals surface area contributed by atoms with Crippen molar-refractivity contribution in [2.45, 2.75) is 12.8 Å². The normalized spacial score (nSPS) is 22.8. The Bertz CT molecular complexity index is 179. The van der Waals surface area contributed by atoms with E-state index >= 15 is 0 Å². The van der Waals surface area contributed by atoms with Crippen LogP contribution >= 0.6 is 0 Å². The number of morpholine rings is 1. The lowest BCUT2D eigenvalue weighted by Crippen LogP contribution is -3.11. The zero-order valence-electron chi connectivity index (χ0n) is 8.84. The van der Waals surface area contributed by atoms with Crippen LogP contribution in [0.1, 0.15) is 12.8 Å². The molecule has 2 aliphatic rings. The third kappa shape index (κ3) is 5.42. The summed E-state index contributed by atoms with van der Waals surface area (Å²) in [6, 6.07) is 0. The number of rotatable bonds is 0. The maximum Gasteiger partial charge on any atom is 0.101 e. The van der Waals surface area contributed by atoms with Gasteiger partial charge in [-0.25, -0.2) is 0 Å². The molecular weight excluding hydrogens is 196 g/mol. The Kier molecular flexibility index (Phi) is 5.91. The Morgan fingerprint density at radius 1 is 1.43 bits per heavy atom. The third-order valence-electron chi connectivity index (χ3n) is 2.36. The van der Waals surface area contributed by atoms with Crippen molar-refractivity contribution in [3.05, 3.63) is 11.1 Å². The van der Waals surface area contributed by atoms with Gasteiger partial charge in [-0.05, 0) is 12.8 Å². The Morgan fingerprint density at radius 3 is 2.43 bits per heavy atom. The van der Waals surface area contributed by atoms with Crippen molar-refractivity contribution in [3.8, 4) is 0 Å². The van der Waals surface area contributed by atoms with Crippen LogP contribution in [-0.2, 0) is 17.4 Å². The monoisotopic (exact) mass is 216 g/mol. The minimum atomic E-state index is 0.922. The summed E-state index contributed by atoms with van der Waals surface area (Å²) in [6.07, 6.45) is 4.45. The lowest BCUT2D eigenvalue weighted by molar-refractivity contribution is -0.888. The molecule has 0 spiro atoms. The fourth-order valence-corrected chi connectivity index (χ4v) is 1.56. The molecule has 0 radical (unpaired) electrons. The topological polar surface area (TPSA) is 25.7 Å². The van der Waals surface area contributed by atoms with E-state index in [0.29, 0.717) is 0 Å². The van der Waals surface area contributed by atoms with Crippen LogP contribution in [0.3, 0.4) is 0 Å². The summed E-state index contributed by atoms with van der Waals surface area (Å²) >= 11 is 4.84. The second kappa shape index (κ2) is 7.04. The largest absolute Gasteiger partial charge is 0.763 e. The molecule has 0 amide bonds. The summed E-state index contributed by atoms with van der Waals surface area (Å²) < 4.78 is 5.12. The predicted molar refractivity (Wildman–Crippen MR) is 60.1 cm³/mol. The third-order valence-corrected chi connectivity index (χ3v) is 2.67. The average molecular weight is 216 g/mol. The number of quaternary nitrogens is 1. The van der Waals surface area contributed by atoms with Gasteiger partial charge < -0.3 is 27.6 Å². The minimum absolute atomic E-state index is 0.922. The molecule has 0 saturated carbocycles. The van der Waals surface area contributed by atoms with Gasteiger partial charge in [0.05, 0.1) is 20.3 Å². The first-order chi connectivity index (χ1) is 6.79. The number of ether oxygens (including phenoxy) is 1. The van der Waals surface area contributed by atoms with Gasteiger partial charge in [0.15, 0.2) is 0 Å². The van der Waals surface area contributed by atoms with Gasteiger partial charge in [0.2, 0.25) is 0 Å². The predicted octanol–water partition coefficient (Wildman–Crippen LogP) is -0.711. The van der Waals surface area contributed by atoms with E-state index in [9.17, 15) is 0 Å². The summed E-state index contributed by atoms with van der Waals surface area (Å²) in [5.74, 6) is 0. The number of hydrogen-bond acceptors (Lipinski definition) is 3. The molecule has 0 unspecified atom stereocenters. The number of likely N-dealkylation sites (N-methyl/N-ethyl adjacent to an activating group) is 1. The van der Waals surface area contributed by atoms with Crippen LogP contribution in [-0.4, -0.2) is 39.9 Å². The summed E-state index contributed by atoms with van der Waals surface area (Å²) in [5, 5.41) is 3.98. The van der Waals surface area contributed by atoms with Crippen molar-refractivity contribution < 1.29 is 9.64 Å². The first-order valence-corrected chi connectivity index (χ1v) is 5.70. The van der Waals surface area contributed by atoms with E-state index < -0.39 is 0 Å². The molecule has 14 heavy (non-hydrogen) atoms. The highest BCUT2D eigenvalue weighted by molar-refractivity contribution is 7.63. The van der Waals surface area contributed by atoms with Crippen LogP contribution < -0.4 is 10.2 Å². The lowest BCUT2D eigenvalue weighted by Gasteiger charge is -2.19. The van der Waals surface area contributed by atoms with E-state index in [1.54, 1.807) is 4.90 Å². The Morgan fingerprint density at radius 2 is 2.14 bits per heavy atom. The van der Waals surface area contributed by atoms with Gasteiger partial charge in [-0.2, -0.15) is 0 Å². The van der Waals surface area contributed by atoms with Gasteiger partial charge in [-0.1, -0.05) is 6.08 Å². The summed E-state index contributed by atoms with van der Waals surface area (Å²) in [5.41, 5.74) is 0. The molecule has 0 aliphatic carbocycles. The van der Waals surface area contributed by atoms with Gasteiger partial charge in [0.25, 0.3) is 0 Å². The van der Waals surface area contributed by atoms with E-state index in [1.807, 2.05) is 0 Å². The molecule has 0 atom stereocenters. The van der Waals surface area contributed by atoms with E-state index in [1.165, 1.54) is 19.5 Å². The van der Waals surface area contributed by atoms with E-state index in [2.05, 4.69) is 18.4 Å². The van der Waals surface area contributed by atoms with E-state index in [-0.39, 0.29) is 0 Å². The van der Waals surface area contributed by atoms with Gasteiger partial charge in [-0.3, -0.25) is 0 Å². The number of allylic oxidation sites excluding steroid dienone is 1. The van der Waals surface area contributed by atoms with Crippen LogP contribution in [0.15, 0.2) is 11.1 Å². The van der Waals surface area contributed by atoms with Crippen molar-refractivity contribution in [1.29, 1.82) is 0 Å². The standard InChI is InChI=1S/C5H11NO.C5H9NS/c1-6-2-4-7-5-3-6;7-5-3-1-2-4-6-5/h2-5H2,1H3;3,6-7H,1-2,4H2. The molecule has 2 aliphatic heterocycles. The van der Waals surface area contributed by atoms with Crippen molar-refractivity contribution in [3.63, 3.8) is 0 Å². The van der Waals surface area contributed by atoms with Crippen LogP contribution in [0.5, 0.6) is 0 Å². The van der Waals surface area contributed by atoms with Crippen molar-refractivity contribution in [2.24, 2.45) is 0 Å². The second-order valence-electron chi connectivity index (χ2n) is 3.71. The summed E-state index contributed by atoms with van der Waals surface area (Å²) in [7, 11) is 2.20. The zero-order chi connectivity index (χ0) is 10.2. The highest BCUT2D eigenvalue weighted by Crippen LogP contribution is 1.99. The van der Waals surface area contributed by atoms with Crippen LogP contribution in [0.4, 0.5) is 0 Å². The highest BCUT2D eigenvalue weighted by atomic mass is 32.1. The number of nitrogens with one attached hydrogen (secondary N) is 2. The SMILES string of the molecule is C[NH+]1CCOCC1.[S-]C1=CCCCN1. The zero-order valence-corrected chi connectivity index (χ0v) is 9.66. The first kappa shape index (κ1) is 11.8. The quantitative estimate of drug-likeness (QED) is 0.524. The lowest BCUT2D eigenvalue weighted by atomic mass is 10.2. The molecule has 1 fully saturated rings. The van der Waals surface area contributed by atoms with Crippen molar-refractivity contribution in [1.82, 2.24) is 5.32 Å². The second-order valence-corrected chi connectivity index (χ2v) is 4.15. The Labute approximate surface area is 91.9 Å². The van der Waals surface area contributed by atoms with Crippen molar-refractivity contribution >= 4 is 12.6 Å². The molecule has 82 valence electrons. The van der Waals surface area contributed by atoms with E-state index in [0.717, 1.165) is 31.2 Å². The van der Waals surface area contributed by atoms with Crippen LogP contribution in [0, 0.1) is 0 Å². The number of hydrogen-bond donors (Lipinski definition) is 2. The molecule has 0 aromatic rings. The molecule has 1 saturated heterocycles. The molecule has 2 heterocycles. The first-order valence-electron chi connectivity index (χ1n) is 5.29. The summed E-state index contributed by atoms with van der Waals surface area (Å²) in [4.78, 5) is 1.59. The molecule has 0 aromatic heterocycles. The maximum atomic E-state index is 5.12. The van der Waals surface area contributed by atoms with Crippen LogP contribution in [0.2, 0.25) is 0 Å². The maximum absolute atomic E-state index is 5.12. The van der Waals surface area contributed by atoms with E-state index in [4.69, 9.17) is 17.4 Å². The van der Waals surface area contributed by atoms with Crippen LogP contribution in [0.25, 0.3) is 0 Å². The molecule has 4 heteroatoms.